The predicted molar refractivity (Wildman–Crippen MR) is 103 cm³/mol. The van der Waals surface area contributed by atoms with Crippen LogP contribution in [0.4, 0.5) is 0 Å². The van der Waals surface area contributed by atoms with E-state index in [4.69, 9.17) is 15.6 Å². The molecule has 0 aromatic heterocycles. The molecule has 0 saturated heterocycles. The maximum absolute atomic E-state index is 12.6. The number of ether oxygens (including phenoxy) is 1. The molecule has 0 radical (unpaired) electrons. The summed E-state index contributed by atoms with van der Waals surface area (Å²) in [5, 5.41) is 17.3. The molecule has 11 heteroatoms. The molecule has 1 atom stereocenters. The Balaban J connectivity index is 2.28. The molecule has 0 spiro atoms. The Kier molecular flexibility index (Phi) is 6.41. The standard InChI is InChI=1S/C16H15IN2O7S/c17-10-1-3-11(4-2-10)26-12-5-7-13(8-6-12)27(24,25)16(23,15(18)22)19-9-14(20)21/h1-8,19,23H,9H2,(H2,18,22)(H,20,21). The number of amides is 1. The van der Waals surface area contributed by atoms with Gasteiger partial charge in [0.15, 0.2) is 0 Å². The molecular formula is C16H15IN2O7S. The number of aliphatic carboxylic acids is 1. The van der Waals surface area contributed by atoms with Crippen molar-refractivity contribution >= 4 is 44.3 Å². The largest absolute Gasteiger partial charge is 0.480 e. The summed E-state index contributed by atoms with van der Waals surface area (Å²) in [6.45, 7) is -0.993. The third kappa shape index (κ3) is 4.74. The van der Waals surface area contributed by atoms with Crippen molar-refractivity contribution in [2.75, 3.05) is 6.54 Å². The van der Waals surface area contributed by atoms with Crippen LogP contribution >= 0.6 is 22.6 Å². The first-order valence-corrected chi connectivity index (χ1v) is 9.89. The van der Waals surface area contributed by atoms with Crippen LogP contribution in [0.2, 0.25) is 0 Å². The van der Waals surface area contributed by atoms with Crippen molar-refractivity contribution in [3.8, 4) is 11.5 Å². The second-order valence-corrected chi connectivity index (χ2v) is 8.60. The van der Waals surface area contributed by atoms with Crippen LogP contribution in [0, 0.1) is 3.57 Å². The van der Waals surface area contributed by atoms with Crippen LogP contribution in [-0.2, 0) is 19.4 Å². The van der Waals surface area contributed by atoms with Crippen LogP contribution in [-0.4, -0.2) is 42.1 Å². The highest BCUT2D eigenvalue weighted by Gasteiger charge is 2.49. The SMILES string of the molecule is NC(=O)C(O)(NCC(=O)O)S(=O)(=O)c1ccc(Oc2ccc(I)cc2)cc1. The van der Waals surface area contributed by atoms with E-state index in [1.54, 1.807) is 17.4 Å². The lowest BCUT2D eigenvalue weighted by Gasteiger charge is -2.25. The highest BCUT2D eigenvalue weighted by molar-refractivity contribution is 14.1. The fourth-order valence-electron chi connectivity index (χ4n) is 2.01. The number of hydrogen-bond donors (Lipinski definition) is 4. The number of carboxylic acids is 1. The van der Waals surface area contributed by atoms with Gasteiger partial charge in [0.2, 0.25) is 9.84 Å². The first-order chi connectivity index (χ1) is 12.6. The van der Waals surface area contributed by atoms with Crippen LogP contribution in [0.3, 0.4) is 0 Å². The lowest BCUT2D eigenvalue weighted by atomic mass is 10.3. The molecule has 0 aliphatic carbocycles. The minimum atomic E-state index is -4.74. The van der Waals surface area contributed by atoms with Gasteiger partial charge in [0.1, 0.15) is 11.5 Å². The van der Waals surface area contributed by atoms with Gasteiger partial charge in [-0.15, -0.1) is 0 Å². The molecule has 144 valence electrons. The molecule has 0 heterocycles. The van der Waals surface area contributed by atoms with Gasteiger partial charge in [-0.2, -0.15) is 0 Å². The Hall–Kier alpha value is -2.22. The number of nitrogens with one attached hydrogen (secondary N) is 1. The minimum absolute atomic E-state index is 0.316. The van der Waals surface area contributed by atoms with E-state index in [1.165, 1.54) is 12.1 Å². The second kappa shape index (κ2) is 8.21. The Morgan fingerprint density at radius 1 is 1.07 bits per heavy atom. The molecular weight excluding hydrogens is 491 g/mol. The molecule has 2 aromatic rings. The van der Waals surface area contributed by atoms with Crippen molar-refractivity contribution in [3.05, 3.63) is 52.1 Å². The quantitative estimate of drug-likeness (QED) is 0.301. The zero-order chi connectivity index (χ0) is 20.2. The fourth-order valence-corrected chi connectivity index (χ4v) is 3.73. The molecule has 0 bridgehead atoms. The average Bonchev–Trinajstić information content (AvgIpc) is 2.61. The monoisotopic (exact) mass is 506 g/mol. The zero-order valence-corrected chi connectivity index (χ0v) is 16.6. The van der Waals surface area contributed by atoms with Crippen molar-refractivity contribution in [2.45, 2.75) is 9.95 Å². The number of primary amides is 1. The number of carbonyl (C=O) groups excluding carboxylic acids is 1. The Morgan fingerprint density at radius 3 is 2.00 bits per heavy atom. The number of sulfone groups is 1. The van der Waals surface area contributed by atoms with E-state index in [2.05, 4.69) is 22.6 Å². The van der Waals surface area contributed by atoms with E-state index in [1.807, 2.05) is 12.1 Å². The van der Waals surface area contributed by atoms with Gasteiger partial charge in [0.05, 0.1) is 11.4 Å². The Labute approximate surface area is 168 Å². The second-order valence-electron chi connectivity index (χ2n) is 5.29. The van der Waals surface area contributed by atoms with E-state index >= 15 is 0 Å². The summed E-state index contributed by atoms with van der Waals surface area (Å²) >= 11 is 2.14. The smallest absolute Gasteiger partial charge is 0.317 e. The molecule has 2 aromatic carbocycles. The number of carboxylic acid groups (broad SMARTS) is 1. The van der Waals surface area contributed by atoms with E-state index in [9.17, 15) is 23.1 Å². The maximum Gasteiger partial charge on any atom is 0.317 e. The van der Waals surface area contributed by atoms with Crippen LogP contribution < -0.4 is 15.8 Å². The molecule has 9 nitrogen and oxygen atoms in total. The van der Waals surface area contributed by atoms with Crippen molar-refractivity contribution in [1.82, 2.24) is 5.32 Å². The summed E-state index contributed by atoms with van der Waals surface area (Å²) in [6, 6.07) is 12.0. The predicted octanol–water partition coefficient (Wildman–Crippen LogP) is 0.663. The van der Waals surface area contributed by atoms with Gasteiger partial charge >= 0.3 is 11.0 Å². The van der Waals surface area contributed by atoms with Crippen LogP contribution in [0.15, 0.2) is 53.4 Å². The van der Waals surface area contributed by atoms with E-state index in [-0.39, 0.29) is 0 Å². The van der Waals surface area contributed by atoms with E-state index in [0.717, 1.165) is 15.7 Å². The molecule has 0 aliphatic rings. The van der Waals surface area contributed by atoms with Crippen LogP contribution in [0.5, 0.6) is 11.5 Å². The summed E-state index contributed by atoms with van der Waals surface area (Å²) in [7, 11) is -4.74. The number of hydrogen-bond acceptors (Lipinski definition) is 7. The number of rotatable bonds is 8. The molecule has 0 aliphatic heterocycles. The lowest BCUT2D eigenvalue weighted by Crippen LogP contribution is -2.61. The molecule has 2 rings (SSSR count). The normalized spacial score (nSPS) is 13.6. The van der Waals surface area contributed by atoms with Gasteiger partial charge in [-0.05, 0) is 71.1 Å². The molecule has 1 unspecified atom stereocenters. The van der Waals surface area contributed by atoms with Gasteiger partial charge in [0.25, 0.3) is 5.91 Å². The summed E-state index contributed by atoms with van der Waals surface area (Å²) in [4.78, 5) is 21.7. The van der Waals surface area contributed by atoms with Gasteiger partial charge < -0.3 is 20.7 Å². The molecule has 0 saturated carbocycles. The Morgan fingerprint density at radius 2 is 1.56 bits per heavy atom. The zero-order valence-electron chi connectivity index (χ0n) is 13.6. The first-order valence-electron chi connectivity index (χ1n) is 7.33. The van der Waals surface area contributed by atoms with Crippen LogP contribution in [0.1, 0.15) is 0 Å². The van der Waals surface area contributed by atoms with E-state index in [0.29, 0.717) is 11.5 Å². The van der Waals surface area contributed by atoms with E-state index < -0.39 is 38.2 Å². The fraction of sp³-hybridized carbons (Fsp3) is 0.125. The summed E-state index contributed by atoms with van der Waals surface area (Å²) in [5.74, 6) is -2.28. The summed E-state index contributed by atoms with van der Waals surface area (Å²) in [5.41, 5.74) is 4.98. The number of benzene rings is 2. The van der Waals surface area contributed by atoms with Crippen molar-refractivity contribution < 1.29 is 33.0 Å². The van der Waals surface area contributed by atoms with Gasteiger partial charge in [0, 0.05) is 3.57 Å². The minimum Gasteiger partial charge on any atom is -0.480 e. The topological polar surface area (TPSA) is 156 Å². The number of aliphatic hydroxyl groups is 1. The molecule has 0 fully saturated rings. The molecule has 1 amide bonds. The van der Waals surface area contributed by atoms with Gasteiger partial charge in [-0.3, -0.25) is 14.9 Å². The maximum atomic E-state index is 12.6. The van der Waals surface area contributed by atoms with Crippen LogP contribution in [0.25, 0.3) is 0 Å². The average molecular weight is 506 g/mol. The van der Waals surface area contributed by atoms with Crippen molar-refractivity contribution in [3.63, 3.8) is 0 Å². The van der Waals surface area contributed by atoms with Crippen molar-refractivity contribution in [1.29, 1.82) is 0 Å². The molecule has 27 heavy (non-hydrogen) atoms. The number of nitrogens with two attached hydrogens (primary N) is 1. The highest BCUT2D eigenvalue weighted by Crippen LogP contribution is 2.27. The molecule has 5 N–H and O–H groups in total. The number of carbonyl (C=O) groups is 2. The van der Waals surface area contributed by atoms with Crippen molar-refractivity contribution in [2.24, 2.45) is 5.73 Å². The van der Waals surface area contributed by atoms with Gasteiger partial charge in [-0.1, -0.05) is 0 Å². The first kappa shape index (κ1) is 21.1. The third-order valence-electron chi connectivity index (χ3n) is 3.39. The highest BCUT2D eigenvalue weighted by atomic mass is 127. The van der Waals surface area contributed by atoms with Gasteiger partial charge in [-0.25, -0.2) is 8.42 Å². The lowest BCUT2D eigenvalue weighted by molar-refractivity contribution is -0.138. The number of halogens is 1. The summed E-state index contributed by atoms with van der Waals surface area (Å²) < 4.78 is 31.7. The third-order valence-corrected chi connectivity index (χ3v) is 6.12. The Bertz CT molecular complexity index is 946. The summed E-state index contributed by atoms with van der Waals surface area (Å²) in [6.07, 6.45) is 0.